The second-order valence-corrected chi connectivity index (χ2v) is 5.85. The number of hydrogen-bond acceptors (Lipinski definition) is 3. The maximum absolute atomic E-state index is 12.6. The Hall–Kier alpha value is -0.610. The minimum atomic E-state index is -0.223. The van der Waals surface area contributed by atoms with Gasteiger partial charge in [-0.25, -0.2) is 0 Å². The van der Waals surface area contributed by atoms with E-state index >= 15 is 0 Å². The van der Waals surface area contributed by atoms with Crippen molar-refractivity contribution in [1.29, 1.82) is 0 Å². The average molecular weight is 268 g/mol. The van der Waals surface area contributed by atoms with E-state index in [-0.39, 0.29) is 12.0 Å². The highest BCUT2D eigenvalue weighted by Gasteiger charge is 2.30. The van der Waals surface area contributed by atoms with Crippen LogP contribution in [0.15, 0.2) is 0 Å². The van der Waals surface area contributed by atoms with Crippen molar-refractivity contribution in [2.24, 2.45) is 0 Å². The molecule has 0 aromatic rings. The lowest BCUT2D eigenvalue weighted by Crippen LogP contribution is -2.50. The van der Waals surface area contributed by atoms with Crippen molar-refractivity contribution >= 4 is 5.91 Å². The summed E-state index contributed by atoms with van der Waals surface area (Å²) < 4.78 is 6.03. The highest BCUT2D eigenvalue weighted by molar-refractivity contribution is 5.81. The van der Waals surface area contributed by atoms with E-state index in [0.29, 0.717) is 12.1 Å². The first-order valence-electron chi connectivity index (χ1n) is 7.86. The van der Waals surface area contributed by atoms with Crippen LogP contribution in [0.25, 0.3) is 0 Å². The highest BCUT2D eigenvalue weighted by Crippen LogP contribution is 2.24. The van der Waals surface area contributed by atoms with E-state index in [1.165, 1.54) is 19.3 Å². The van der Waals surface area contributed by atoms with Crippen molar-refractivity contribution in [1.82, 2.24) is 10.2 Å². The van der Waals surface area contributed by atoms with Crippen molar-refractivity contribution < 1.29 is 9.53 Å². The molecular formula is C15H28N2O2. The zero-order chi connectivity index (χ0) is 13.7. The molecule has 4 heteroatoms. The molecule has 110 valence electrons. The summed E-state index contributed by atoms with van der Waals surface area (Å²) in [6, 6.07) is 0.446. The maximum atomic E-state index is 12.6. The Kier molecular flexibility index (Phi) is 5.64. The summed E-state index contributed by atoms with van der Waals surface area (Å²) in [5, 5.41) is 3.28. The van der Waals surface area contributed by atoms with Gasteiger partial charge in [0.05, 0.1) is 6.10 Å². The Labute approximate surface area is 116 Å². The number of ether oxygens (including phenoxy) is 1. The van der Waals surface area contributed by atoms with Gasteiger partial charge in [0.15, 0.2) is 0 Å². The predicted molar refractivity (Wildman–Crippen MR) is 76.1 cm³/mol. The van der Waals surface area contributed by atoms with Crippen LogP contribution < -0.4 is 5.32 Å². The number of likely N-dealkylation sites (N-methyl/N-ethyl adjacent to an activating group) is 1. The van der Waals surface area contributed by atoms with E-state index in [2.05, 4.69) is 12.2 Å². The molecule has 2 atom stereocenters. The molecule has 1 aliphatic heterocycles. The van der Waals surface area contributed by atoms with Gasteiger partial charge in [-0.1, -0.05) is 19.8 Å². The second kappa shape index (κ2) is 7.25. The zero-order valence-electron chi connectivity index (χ0n) is 12.4. The van der Waals surface area contributed by atoms with Crippen LogP contribution in [-0.4, -0.2) is 49.2 Å². The number of carbonyl (C=O) groups excluding carboxylic acids is 1. The predicted octanol–water partition coefficient (Wildman–Crippen LogP) is 1.93. The third-order valence-corrected chi connectivity index (χ3v) is 4.45. The molecule has 1 heterocycles. The SMILES string of the molecule is CCC(OC1CCCC1)C(=O)N1CCCC(NC)C1. The Morgan fingerprint density at radius 2 is 2.05 bits per heavy atom. The summed E-state index contributed by atoms with van der Waals surface area (Å²) in [5.41, 5.74) is 0. The molecule has 1 saturated heterocycles. The normalized spacial score (nSPS) is 26.6. The van der Waals surface area contributed by atoms with E-state index in [4.69, 9.17) is 4.74 Å². The monoisotopic (exact) mass is 268 g/mol. The summed E-state index contributed by atoms with van der Waals surface area (Å²) in [5.74, 6) is 0.203. The standard InChI is InChI=1S/C15H28N2O2/c1-3-14(19-13-8-4-5-9-13)15(18)17-10-6-7-12(11-17)16-2/h12-14,16H,3-11H2,1-2H3. The van der Waals surface area contributed by atoms with Gasteiger partial charge in [-0.2, -0.15) is 0 Å². The molecule has 4 nitrogen and oxygen atoms in total. The van der Waals surface area contributed by atoms with Crippen molar-refractivity contribution in [3.8, 4) is 0 Å². The molecule has 19 heavy (non-hydrogen) atoms. The number of nitrogens with one attached hydrogen (secondary N) is 1. The van der Waals surface area contributed by atoms with Crippen LogP contribution in [0.3, 0.4) is 0 Å². The number of likely N-dealkylation sites (tertiary alicyclic amines) is 1. The fourth-order valence-corrected chi connectivity index (χ4v) is 3.20. The topological polar surface area (TPSA) is 41.6 Å². The van der Waals surface area contributed by atoms with Gasteiger partial charge in [0.2, 0.25) is 0 Å². The van der Waals surface area contributed by atoms with Crippen molar-refractivity contribution in [2.75, 3.05) is 20.1 Å². The van der Waals surface area contributed by atoms with Gasteiger partial charge in [-0.3, -0.25) is 4.79 Å². The Morgan fingerprint density at radius 3 is 2.68 bits per heavy atom. The van der Waals surface area contributed by atoms with Crippen LogP contribution in [0.5, 0.6) is 0 Å². The molecule has 1 N–H and O–H groups in total. The summed E-state index contributed by atoms with van der Waals surface area (Å²) in [7, 11) is 1.98. The molecule has 0 spiro atoms. The van der Waals surface area contributed by atoms with E-state index < -0.39 is 0 Å². The number of rotatable bonds is 5. The molecule has 2 rings (SSSR count). The minimum absolute atomic E-state index is 0.203. The van der Waals surface area contributed by atoms with Crippen molar-refractivity contribution in [3.05, 3.63) is 0 Å². The van der Waals surface area contributed by atoms with E-state index in [1.807, 2.05) is 11.9 Å². The number of piperidine rings is 1. The zero-order valence-corrected chi connectivity index (χ0v) is 12.4. The fourth-order valence-electron chi connectivity index (χ4n) is 3.20. The molecule has 0 aromatic heterocycles. The maximum Gasteiger partial charge on any atom is 0.251 e. The van der Waals surface area contributed by atoms with Gasteiger partial charge in [0, 0.05) is 19.1 Å². The smallest absolute Gasteiger partial charge is 0.251 e. The average Bonchev–Trinajstić information content (AvgIpc) is 2.97. The van der Waals surface area contributed by atoms with Crippen LogP contribution in [0.2, 0.25) is 0 Å². The summed E-state index contributed by atoms with van der Waals surface area (Å²) >= 11 is 0. The Morgan fingerprint density at radius 1 is 1.32 bits per heavy atom. The van der Waals surface area contributed by atoms with Crippen LogP contribution >= 0.6 is 0 Å². The largest absolute Gasteiger partial charge is 0.365 e. The molecule has 0 bridgehead atoms. The molecular weight excluding hydrogens is 240 g/mol. The number of carbonyl (C=O) groups is 1. The van der Waals surface area contributed by atoms with Gasteiger partial charge < -0.3 is 15.0 Å². The number of hydrogen-bond donors (Lipinski definition) is 1. The Balaban J connectivity index is 1.87. The molecule has 2 fully saturated rings. The summed E-state index contributed by atoms with van der Waals surface area (Å²) in [6.07, 6.45) is 7.90. The van der Waals surface area contributed by atoms with Gasteiger partial charge in [0.25, 0.3) is 5.91 Å². The first-order chi connectivity index (χ1) is 9.24. The highest BCUT2D eigenvalue weighted by atomic mass is 16.5. The minimum Gasteiger partial charge on any atom is -0.365 e. The second-order valence-electron chi connectivity index (χ2n) is 5.85. The van der Waals surface area contributed by atoms with Crippen molar-refractivity contribution in [3.63, 3.8) is 0 Å². The number of amides is 1. The Bertz CT molecular complexity index is 290. The summed E-state index contributed by atoms with van der Waals surface area (Å²) in [4.78, 5) is 14.5. The molecule has 0 aromatic carbocycles. The molecule has 1 saturated carbocycles. The van der Waals surface area contributed by atoms with Crippen molar-refractivity contribution in [2.45, 2.75) is 70.1 Å². The fraction of sp³-hybridized carbons (Fsp3) is 0.933. The quantitative estimate of drug-likeness (QED) is 0.828. The van der Waals surface area contributed by atoms with Crippen LogP contribution in [-0.2, 0) is 9.53 Å². The summed E-state index contributed by atoms with van der Waals surface area (Å²) in [6.45, 7) is 3.78. The van der Waals surface area contributed by atoms with Gasteiger partial charge in [-0.15, -0.1) is 0 Å². The first-order valence-corrected chi connectivity index (χ1v) is 7.86. The van der Waals surface area contributed by atoms with E-state index in [1.54, 1.807) is 0 Å². The lowest BCUT2D eigenvalue weighted by Gasteiger charge is -2.35. The van der Waals surface area contributed by atoms with Crippen LogP contribution in [0.1, 0.15) is 51.9 Å². The lowest BCUT2D eigenvalue weighted by atomic mass is 10.0. The molecule has 0 radical (unpaired) electrons. The van der Waals surface area contributed by atoms with E-state index in [0.717, 1.165) is 38.8 Å². The van der Waals surface area contributed by atoms with Crippen LogP contribution in [0, 0.1) is 0 Å². The van der Waals surface area contributed by atoms with Gasteiger partial charge in [0.1, 0.15) is 6.10 Å². The molecule has 1 amide bonds. The molecule has 2 aliphatic rings. The first kappa shape index (κ1) is 14.8. The third kappa shape index (κ3) is 3.93. The molecule has 2 unspecified atom stereocenters. The van der Waals surface area contributed by atoms with Gasteiger partial charge >= 0.3 is 0 Å². The number of nitrogens with zero attached hydrogens (tertiary/aromatic N) is 1. The van der Waals surface area contributed by atoms with E-state index in [9.17, 15) is 4.79 Å². The molecule has 1 aliphatic carbocycles. The van der Waals surface area contributed by atoms with Crippen LogP contribution in [0.4, 0.5) is 0 Å². The van der Waals surface area contributed by atoms with Gasteiger partial charge in [-0.05, 0) is 39.2 Å². The lowest BCUT2D eigenvalue weighted by molar-refractivity contribution is -0.149. The third-order valence-electron chi connectivity index (χ3n) is 4.45.